The van der Waals surface area contributed by atoms with Crippen molar-refractivity contribution < 1.29 is 14.2 Å². The molecule has 3 rings (SSSR count). The third kappa shape index (κ3) is 7.43. The molecule has 0 radical (unpaired) electrons. The normalized spacial score (nSPS) is 21.5. The summed E-state index contributed by atoms with van der Waals surface area (Å²) < 4.78 is 11.4. The number of carbonyl (C=O) groups is 1. The summed E-state index contributed by atoms with van der Waals surface area (Å²) in [6.07, 6.45) is 6.27. The van der Waals surface area contributed by atoms with E-state index in [0.29, 0.717) is 23.7 Å². The number of amides is 1. The Balaban J connectivity index is 1.29. The second-order valence-electron chi connectivity index (χ2n) is 7.96. The van der Waals surface area contributed by atoms with E-state index in [1.807, 2.05) is 0 Å². The summed E-state index contributed by atoms with van der Waals surface area (Å²) in [7, 11) is -1.20. The third-order valence-electron chi connectivity index (χ3n) is 5.66. The number of nitrogens with one attached hydrogen (secondary N) is 2. The van der Waals surface area contributed by atoms with Gasteiger partial charge in [-0.15, -0.1) is 0 Å². The number of benzene rings is 1. The lowest BCUT2D eigenvalue weighted by Gasteiger charge is -2.32. The standard InChI is InChI=1S/C20H33N3O3P2S/c1-27(28(25)18-5-6-18)22-11-14-23-12-9-16(10-13-23)15-21-20(24)17-3-7-19(8-4-17)29(2)26/h3-4,7-8,16,18,22,25H,5-6,9-15H2,1-2H3,(H,21,24). The minimum Gasteiger partial charge on any atom is -0.612 e. The fourth-order valence-corrected chi connectivity index (χ4v) is 8.63. The first kappa shape index (κ1) is 23.4. The Morgan fingerprint density at radius 2 is 1.90 bits per heavy atom. The van der Waals surface area contributed by atoms with Crippen molar-refractivity contribution in [2.75, 3.05) is 45.6 Å². The zero-order chi connectivity index (χ0) is 20.8. The Morgan fingerprint density at radius 1 is 1.24 bits per heavy atom. The molecule has 1 aromatic rings. The van der Waals surface area contributed by atoms with Gasteiger partial charge in [-0.05, 0) is 86.8 Å². The van der Waals surface area contributed by atoms with Crippen molar-refractivity contribution in [1.29, 1.82) is 0 Å². The summed E-state index contributed by atoms with van der Waals surface area (Å²) >= 11 is -1.02. The molecule has 1 heterocycles. The highest BCUT2D eigenvalue weighted by Gasteiger charge is 2.33. The highest BCUT2D eigenvalue weighted by molar-refractivity contribution is 8.26. The average molecular weight is 458 g/mol. The molecule has 29 heavy (non-hydrogen) atoms. The third-order valence-corrected chi connectivity index (χ3v) is 12.3. The molecule has 0 spiro atoms. The molecule has 1 saturated carbocycles. The van der Waals surface area contributed by atoms with Gasteiger partial charge in [-0.3, -0.25) is 9.88 Å². The van der Waals surface area contributed by atoms with E-state index in [9.17, 15) is 14.2 Å². The molecule has 0 aromatic heterocycles. The van der Waals surface area contributed by atoms with Crippen LogP contribution in [-0.2, 0) is 11.2 Å². The van der Waals surface area contributed by atoms with Crippen LogP contribution in [0.3, 0.4) is 0 Å². The van der Waals surface area contributed by atoms with Crippen LogP contribution < -0.4 is 10.4 Å². The van der Waals surface area contributed by atoms with Crippen molar-refractivity contribution >= 4 is 32.7 Å². The van der Waals surface area contributed by atoms with Gasteiger partial charge in [0.25, 0.3) is 5.91 Å². The maximum atomic E-state index is 12.3. The molecule has 2 fully saturated rings. The molecule has 3 N–H and O–H groups in total. The summed E-state index contributed by atoms with van der Waals surface area (Å²) in [5.74, 6) is 0.464. The van der Waals surface area contributed by atoms with E-state index in [2.05, 4.69) is 22.0 Å². The monoisotopic (exact) mass is 457 g/mol. The van der Waals surface area contributed by atoms with E-state index in [4.69, 9.17) is 0 Å². The van der Waals surface area contributed by atoms with Crippen LogP contribution in [0.15, 0.2) is 29.2 Å². The topological polar surface area (TPSA) is 87.7 Å². The second kappa shape index (κ2) is 11.4. The maximum absolute atomic E-state index is 12.3. The van der Waals surface area contributed by atoms with Crippen LogP contribution in [0.2, 0.25) is 0 Å². The molecule has 162 valence electrons. The summed E-state index contributed by atoms with van der Waals surface area (Å²) in [4.78, 5) is 25.8. The zero-order valence-corrected chi connectivity index (χ0v) is 19.9. The lowest BCUT2D eigenvalue weighted by atomic mass is 9.96. The van der Waals surface area contributed by atoms with Crippen molar-refractivity contribution in [2.24, 2.45) is 5.92 Å². The highest BCUT2D eigenvalue weighted by atomic mass is 32.2. The number of carbonyl (C=O) groups excluding carboxylic acids is 1. The molecule has 9 heteroatoms. The average Bonchev–Trinajstić information content (AvgIpc) is 3.57. The molecule has 1 aliphatic carbocycles. The molecule has 1 aromatic carbocycles. The van der Waals surface area contributed by atoms with Gasteiger partial charge in [0, 0.05) is 38.6 Å². The number of hydrogen-bond acceptors (Lipinski definition) is 5. The number of piperidine rings is 1. The van der Waals surface area contributed by atoms with Crippen molar-refractivity contribution in [3.63, 3.8) is 0 Å². The zero-order valence-electron chi connectivity index (χ0n) is 17.3. The molecule has 6 nitrogen and oxygen atoms in total. The molecule has 3 atom stereocenters. The van der Waals surface area contributed by atoms with Crippen molar-refractivity contribution in [1.82, 2.24) is 15.3 Å². The minimum atomic E-state index is -1.02. The van der Waals surface area contributed by atoms with Crippen LogP contribution >= 0.6 is 15.6 Å². The molecular formula is C20H33N3O3P2S. The number of nitrogens with zero attached hydrogens (tertiary/aromatic N) is 1. The second-order valence-corrected chi connectivity index (χ2v) is 15.1. The summed E-state index contributed by atoms with van der Waals surface area (Å²) in [6.45, 7) is 7.00. The lowest BCUT2D eigenvalue weighted by Crippen LogP contribution is -2.40. The predicted octanol–water partition coefficient (Wildman–Crippen LogP) is 2.95. The van der Waals surface area contributed by atoms with Crippen molar-refractivity contribution in [3.05, 3.63) is 29.8 Å². The smallest absolute Gasteiger partial charge is 0.251 e. The Morgan fingerprint density at radius 3 is 2.48 bits per heavy atom. The van der Waals surface area contributed by atoms with Gasteiger partial charge in [-0.2, -0.15) is 0 Å². The van der Waals surface area contributed by atoms with E-state index >= 15 is 0 Å². The van der Waals surface area contributed by atoms with Gasteiger partial charge in [0.05, 0.1) is 7.84 Å². The highest BCUT2D eigenvalue weighted by Crippen LogP contribution is 2.69. The number of hydrogen-bond donors (Lipinski definition) is 3. The van der Waals surface area contributed by atoms with E-state index < -0.39 is 26.8 Å². The van der Waals surface area contributed by atoms with Crippen LogP contribution in [0.5, 0.6) is 0 Å². The number of likely N-dealkylation sites (tertiary alicyclic amines) is 1. The first-order valence-corrected chi connectivity index (χ1v) is 15.7. The first-order chi connectivity index (χ1) is 13.9. The summed E-state index contributed by atoms with van der Waals surface area (Å²) in [6, 6.07) is 6.99. The lowest BCUT2D eigenvalue weighted by molar-refractivity contribution is 0.0936. The Kier molecular flexibility index (Phi) is 9.19. The molecule has 1 aliphatic heterocycles. The largest absolute Gasteiger partial charge is 0.612 e. The molecule has 1 amide bonds. The van der Waals surface area contributed by atoms with Gasteiger partial charge in [-0.25, -0.2) is 0 Å². The van der Waals surface area contributed by atoms with E-state index in [1.165, 1.54) is 12.8 Å². The minimum absolute atomic E-state index is 0.0578. The van der Waals surface area contributed by atoms with Crippen LogP contribution in [0.1, 0.15) is 36.0 Å². The van der Waals surface area contributed by atoms with Crippen LogP contribution in [0.4, 0.5) is 0 Å². The van der Waals surface area contributed by atoms with Gasteiger partial charge in [-0.1, -0.05) is 0 Å². The summed E-state index contributed by atoms with van der Waals surface area (Å²) in [5.41, 5.74) is 1.22. The molecule has 0 bridgehead atoms. The number of rotatable bonds is 10. The molecule has 1 saturated heterocycles. The van der Waals surface area contributed by atoms with Gasteiger partial charge < -0.3 is 19.7 Å². The first-order valence-electron chi connectivity index (χ1n) is 10.3. The van der Waals surface area contributed by atoms with Crippen LogP contribution in [-0.4, -0.2) is 71.6 Å². The summed E-state index contributed by atoms with van der Waals surface area (Å²) in [5, 5.41) is 6.61. The fraction of sp³-hybridized carbons (Fsp3) is 0.650. The van der Waals surface area contributed by atoms with E-state index in [1.54, 1.807) is 30.5 Å². The Labute approximate surface area is 179 Å². The van der Waals surface area contributed by atoms with Gasteiger partial charge >= 0.3 is 0 Å². The quantitative estimate of drug-likeness (QED) is 0.372. The van der Waals surface area contributed by atoms with Crippen molar-refractivity contribution in [2.45, 2.75) is 36.2 Å². The van der Waals surface area contributed by atoms with Crippen LogP contribution in [0.25, 0.3) is 0 Å². The Hall–Kier alpha value is -0.260. The van der Waals surface area contributed by atoms with Crippen LogP contribution in [0, 0.1) is 5.92 Å². The molecule has 3 unspecified atom stereocenters. The van der Waals surface area contributed by atoms with E-state index in [-0.39, 0.29) is 5.91 Å². The van der Waals surface area contributed by atoms with Gasteiger partial charge in [0.15, 0.2) is 4.90 Å². The van der Waals surface area contributed by atoms with Crippen molar-refractivity contribution in [3.8, 4) is 0 Å². The molecular weight excluding hydrogens is 424 g/mol. The Bertz CT molecular complexity index is 653. The van der Waals surface area contributed by atoms with Gasteiger partial charge in [0.2, 0.25) is 0 Å². The fourth-order valence-electron chi connectivity index (χ4n) is 3.54. The van der Waals surface area contributed by atoms with E-state index in [0.717, 1.165) is 43.9 Å². The van der Waals surface area contributed by atoms with Gasteiger partial charge in [0.1, 0.15) is 6.26 Å². The SMILES string of the molecule is CP(NCCN1CCC(CNC(=O)c2ccc([S+](C)[O-])cc2)CC1)P(O)C1CC1. The maximum Gasteiger partial charge on any atom is 0.251 e. The molecule has 2 aliphatic rings. The predicted molar refractivity (Wildman–Crippen MR) is 123 cm³/mol.